The molecule has 0 aromatic heterocycles. The second-order valence-corrected chi connectivity index (χ2v) is 6.34. The van der Waals surface area contributed by atoms with Crippen molar-refractivity contribution in [3.05, 3.63) is 35.9 Å². The van der Waals surface area contributed by atoms with Crippen LogP contribution in [0.2, 0.25) is 0 Å². The van der Waals surface area contributed by atoms with Crippen LogP contribution in [0.15, 0.2) is 30.3 Å². The van der Waals surface area contributed by atoms with Gasteiger partial charge in [0.05, 0.1) is 19.3 Å². The van der Waals surface area contributed by atoms with E-state index in [1.165, 1.54) is 5.56 Å². The fourth-order valence-corrected chi connectivity index (χ4v) is 2.58. The molecule has 1 aliphatic heterocycles. The van der Waals surface area contributed by atoms with E-state index >= 15 is 0 Å². The fraction of sp³-hybridized carbons (Fsp3) is 0.647. The van der Waals surface area contributed by atoms with Gasteiger partial charge in [-0.25, -0.2) is 0 Å². The van der Waals surface area contributed by atoms with Crippen LogP contribution >= 0.6 is 0 Å². The van der Waals surface area contributed by atoms with Crippen molar-refractivity contribution in [2.75, 3.05) is 6.61 Å². The summed E-state index contributed by atoms with van der Waals surface area (Å²) in [5.74, 6) is 0.0921. The summed E-state index contributed by atoms with van der Waals surface area (Å²) in [6.07, 6.45) is 1.15. The molecule has 0 aliphatic carbocycles. The van der Waals surface area contributed by atoms with Gasteiger partial charge < -0.3 is 14.2 Å². The third-order valence-electron chi connectivity index (χ3n) is 3.38. The van der Waals surface area contributed by atoms with Gasteiger partial charge in [0, 0.05) is 0 Å². The van der Waals surface area contributed by atoms with Gasteiger partial charge in [0.1, 0.15) is 6.10 Å². The topological polar surface area (TPSA) is 27.7 Å². The van der Waals surface area contributed by atoms with Crippen LogP contribution in [-0.4, -0.2) is 24.6 Å². The molecule has 0 bridgehead atoms. The van der Waals surface area contributed by atoms with Crippen molar-refractivity contribution in [2.24, 2.45) is 5.92 Å². The van der Waals surface area contributed by atoms with Gasteiger partial charge in [-0.1, -0.05) is 44.2 Å². The minimum absolute atomic E-state index is 0.0242. The van der Waals surface area contributed by atoms with E-state index in [1.807, 2.05) is 32.0 Å². The fourth-order valence-electron chi connectivity index (χ4n) is 2.58. The maximum atomic E-state index is 5.97. The first kappa shape index (κ1) is 15.5. The van der Waals surface area contributed by atoms with Gasteiger partial charge in [0.25, 0.3) is 0 Å². The molecule has 1 heterocycles. The van der Waals surface area contributed by atoms with Crippen LogP contribution < -0.4 is 0 Å². The second kappa shape index (κ2) is 6.70. The quantitative estimate of drug-likeness (QED) is 0.793. The number of rotatable bonds is 6. The third-order valence-corrected chi connectivity index (χ3v) is 3.38. The number of benzene rings is 1. The molecule has 0 N–H and O–H groups in total. The van der Waals surface area contributed by atoms with Crippen molar-refractivity contribution in [1.82, 2.24) is 0 Å². The predicted molar refractivity (Wildman–Crippen MR) is 79.4 cm³/mol. The van der Waals surface area contributed by atoms with Crippen molar-refractivity contribution in [1.29, 1.82) is 0 Å². The van der Waals surface area contributed by atoms with Crippen LogP contribution in [0.5, 0.6) is 0 Å². The summed E-state index contributed by atoms with van der Waals surface area (Å²) in [6.45, 7) is 9.55. The van der Waals surface area contributed by atoms with E-state index in [9.17, 15) is 0 Å². The van der Waals surface area contributed by atoms with Crippen molar-refractivity contribution in [2.45, 2.75) is 58.7 Å². The van der Waals surface area contributed by atoms with Crippen molar-refractivity contribution in [3.8, 4) is 0 Å². The highest BCUT2D eigenvalue weighted by atomic mass is 16.8. The first-order valence-electron chi connectivity index (χ1n) is 7.43. The third kappa shape index (κ3) is 4.58. The van der Waals surface area contributed by atoms with E-state index in [1.54, 1.807) is 0 Å². The van der Waals surface area contributed by atoms with Crippen LogP contribution in [0.3, 0.4) is 0 Å². The maximum absolute atomic E-state index is 5.97. The lowest BCUT2D eigenvalue weighted by molar-refractivity contribution is -0.152. The Hall–Kier alpha value is -0.900. The molecule has 2 rings (SSSR count). The SMILES string of the molecule is CC(C)C[C@@H]1OC(C)(C)O[C@H]1COCc1ccccc1. The summed E-state index contributed by atoms with van der Waals surface area (Å²) in [6, 6.07) is 10.2. The number of ether oxygens (including phenoxy) is 3. The molecule has 0 radical (unpaired) electrons. The molecule has 0 saturated carbocycles. The highest BCUT2D eigenvalue weighted by molar-refractivity contribution is 5.13. The second-order valence-electron chi connectivity index (χ2n) is 6.34. The van der Waals surface area contributed by atoms with Crippen LogP contribution in [0.1, 0.15) is 39.7 Å². The molecular weight excluding hydrogens is 252 g/mol. The molecule has 3 nitrogen and oxygen atoms in total. The summed E-state index contributed by atoms with van der Waals surface area (Å²) in [5, 5.41) is 0. The lowest BCUT2D eigenvalue weighted by atomic mass is 10.0. The van der Waals surface area contributed by atoms with E-state index in [0.717, 1.165) is 6.42 Å². The smallest absolute Gasteiger partial charge is 0.163 e. The van der Waals surface area contributed by atoms with E-state index in [-0.39, 0.29) is 12.2 Å². The Morgan fingerprint density at radius 3 is 2.40 bits per heavy atom. The van der Waals surface area contributed by atoms with Crippen LogP contribution in [-0.2, 0) is 20.8 Å². The molecule has 20 heavy (non-hydrogen) atoms. The summed E-state index contributed by atoms with van der Waals surface area (Å²) in [5.41, 5.74) is 1.19. The molecule has 1 aromatic carbocycles. The lowest BCUT2D eigenvalue weighted by Crippen LogP contribution is -2.29. The molecule has 2 atom stereocenters. The highest BCUT2D eigenvalue weighted by Crippen LogP contribution is 2.31. The van der Waals surface area contributed by atoms with Crippen molar-refractivity contribution >= 4 is 0 Å². The molecular formula is C17H26O3. The van der Waals surface area contributed by atoms with Crippen molar-refractivity contribution in [3.63, 3.8) is 0 Å². The molecule has 1 aromatic rings. The Bertz CT molecular complexity index is 400. The zero-order valence-corrected chi connectivity index (χ0v) is 13.0. The number of hydrogen-bond acceptors (Lipinski definition) is 3. The van der Waals surface area contributed by atoms with Crippen LogP contribution in [0.25, 0.3) is 0 Å². The molecule has 112 valence electrons. The molecule has 1 fully saturated rings. The van der Waals surface area contributed by atoms with E-state index in [4.69, 9.17) is 14.2 Å². The predicted octanol–water partition coefficient (Wildman–Crippen LogP) is 3.77. The Labute approximate surface area is 122 Å². The number of hydrogen-bond donors (Lipinski definition) is 0. The normalized spacial score (nSPS) is 25.2. The van der Waals surface area contributed by atoms with E-state index < -0.39 is 5.79 Å². The first-order chi connectivity index (χ1) is 9.46. The van der Waals surface area contributed by atoms with Gasteiger partial charge in [-0.05, 0) is 31.7 Å². The minimum atomic E-state index is -0.500. The summed E-state index contributed by atoms with van der Waals surface area (Å²) in [4.78, 5) is 0. The summed E-state index contributed by atoms with van der Waals surface area (Å²) in [7, 11) is 0. The Morgan fingerprint density at radius 2 is 1.75 bits per heavy atom. The Morgan fingerprint density at radius 1 is 1.10 bits per heavy atom. The summed E-state index contributed by atoms with van der Waals surface area (Å²) >= 11 is 0. The Kier molecular flexibility index (Phi) is 5.19. The van der Waals surface area contributed by atoms with E-state index in [0.29, 0.717) is 19.1 Å². The molecule has 0 unspecified atom stereocenters. The van der Waals surface area contributed by atoms with Crippen LogP contribution in [0.4, 0.5) is 0 Å². The standard InChI is InChI=1S/C17H26O3/c1-13(2)10-15-16(20-17(3,4)19-15)12-18-11-14-8-6-5-7-9-14/h5-9,13,15-16H,10-12H2,1-4H3/t15-,16-/m0/s1. The van der Waals surface area contributed by atoms with E-state index in [2.05, 4.69) is 26.0 Å². The minimum Gasteiger partial charge on any atom is -0.374 e. The van der Waals surface area contributed by atoms with Gasteiger partial charge in [-0.2, -0.15) is 0 Å². The van der Waals surface area contributed by atoms with Gasteiger partial charge in [0.15, 0.2) is 5.79 Å². The van der Waals surface area contributed by atoms with Crippen molar-refractivity contribution < 1.29 is 14.2 Å². The first-order valence-corrected chi connectivity index (χ1v) is 7.43. The molecule has 0 spiro atoms. The maximum Gasteiger partial charge on any atom is 0.163 e. The highest BCUT2D eigenvalue weighted by Gasteiger charge is 2.41. The van der Waals surface area contributed by atoms with Gasteiger partial charge in [-0.15, -0.1) is 0 Å². The van der Waals surface area contributed by atoms with Crippen LogP contribution in [0, 0.1) is 5.92 Å². The average Bonchev–Trinajstić information content (AvgIpc) is 2.64. The van der Waals surface area contributed by atoms with Gasteiger partial charge in [0.2, 0.25) is 0 Å². The molecule has 3 heteroatoms. The summed E-state index contributed by atoms with van der Waals surface area (Å²) < 4.78 is 17.7. The van der Waals surface area contributed by atoms with Gasteiger partial charge in [-0.3, -0.25) is 0 Å². The zero-order valence-electron chi connectivity index (χ0n) is 13.0. The largest absolute Gasteiger partial charge is 0.374 e. The average molecular weight is 278 g/mol. The molecule has 1 aliphatic rings. The lowest BCUT2D eigenvalue weighted by Gasteiger charge is -2.18. The monoisotopic (exact) mass is 278 g/mol. The zero-order chi connectivity index (χ0) is 14.6. The molecule has 0 amide bonds. The van der Waals surface area contributed by atoms with Gasteiger partial charge >= 0.3 is 0 Å². The Balaban J connectivity index is 1.83. The molecule has 1 saturated heterocycles.